The standard InChI is InChI=1S/C19H22ClN3O3/c20-16-9-6-13(10-15(16)12-2-1-3-12)11-4-7-14(8-5-11)26-18-17(19(24)25)21-23-22-18/h6,9-12,14H,1-5,7-8H2,(H,24,25)(H,21,22,23). The predicted octanol–water partition coefficient (Wildman–Crippen LogP) is 4.53. The average molecular weight is 376 g/mol. The van der Waals surface area contributed by atoms with Crippen LogP contribution in [0.4, 0.5) is 0 Å². The molecule has 0 amide bonds. The summed E-state index contributed by atoms with van der Waals surface area (Å²) in [6.07, 6.45) is 7.53. The minimum absolute atomic E-state index is 0.0205. The lowest BCUT2D eigenvalue weighted by Crippen LogP contribution is -2.24. The van der Waals surface area contributed by atoms with Gasteiger partial charge in [0.2, 0.25) is 5.69 Å². The van der Waals surface area contributed by atoms with Crippen molar-refractivity contribution in [2.75, 3.05) is 0 Å². The van der Waals surface area contributed by atoms with Crippen LogP contribution < -0.4 is 4.74 Å². The second-order valence-electron chi connectivity index (χ2n) is 7.30. The van der Waals surface area contributed by atoms with Crippen LogP contribution in [-0.2, 0) is 0 Å². The van der Waals surface area contributed by atoms with Gasteiger partial charge >= 0.3 is 5.97 Å². The minimum atomic E-state index is -1.11. The molecule has 1 aromatic heterocycles. The Morgan fingerprint density at radius 3 is 2.58 bits per heavy atom. The first-order chi connectivity index (χ1) is 12.6. The highest BCUT2D eigenvalue weighted by Gasteiger charge is 2.28. The zero-order valence-corrected chi connectivity index (χ0v) is 15.2. The van der Waals surface area contributed by atoms with Crippen molar-refractivity contribution >= 4 is 17.6 Å². The number of nitrogens with one attached hydrogen (secondary N) is 1. The summed E-state index contributed by atoms with van der Waals surface area (Å²) < 4.78 is 5.77. The fourth-order valence-electron chi connectivity index (χ4n) is 3.96. The fourth-order valence-corrected chi connectivity index (χ4v) is 4.23. The van der Waals surface area contributed by atoms with Gasteiger partial charge in [-0.25, -0.2) is 9.89 Å². The number of hydrogen-bond donors (Lipinski definition) is 2. The van der Waals surface area contributed by atoms with Gasteiger partial charge in [0.15, 0.2) is 0 Å². The van der Waals surface area contributed by atoms with Gasteiger partial charge in [0.25, 0.3) is 5.88 Å². The first kappa shape index (κ1) is 17.3. The Morgan fingerprint density at radius 1 is 1.15 bits per heavy atom. The zero-order valence-electron chi connectivity index (χ0n) is 14.4. The Hall–Kier alpha value is -2.08. The van der Waals surface area contributed by atoms with E-state index in [1.54, 1.807) is 0 Å². The quantitative estimate of drug-likeness (QED) is 0.801. The molecule has 0 radical (unpaired) electrons. The molecule has 7 heteroatoms. The van der Waals surface area contributed by atoms with E-state index in [-0.39, 0.29) is 17.7 Å². The first-order valence-electron chi connectivity index (χ1n) is 9.22. The summed E-state index contributed by atoms with van der Waals surface area (Å²) in [4.78, 5) is 11.1. The van der Waals surface area contributed by atoms with E-state index in [2.05, 4.69) is 27.5 Å². The number of carbonyl (C=O) groups is 1. The van der Waals surface area contributed by atoms with E-state index in [0.29, 0.717) is 11.8 Å². The molecule has 6 nitrogen and oxygen atoms in total. The van der Waals surface area contributed by atoms with Crippen molar-refractivity contribution in [1.29, 1.82) is 0 Å². The number of H-pyrrole nitrogens is 1. The number of carboxylic acid groups (broad SMARTS) is 1. The third kappa shape index (κ3) is 3.43. The summed E-state index contributed by atoms with van der Waals surface area (Å²) >= 11 is 6.40. The molecule has 2 aromatic rings. The molecule has 1 aromatic carbocycles. The van der Waals surface area contributed by atoms with Crippen molar-refractivity contribution < 1.29 is 14.6 Å². The topological polar surface area (TPSA) is 88.1 Å². The van der Waals surface area contributed by atoms with Gasteiger partial charge in [-0.2, -0.15) is 0 Å². The SMILES string of the molecule is O=C(O)c1[nH]nnc1OC1CCC(c2ccc(Cl)c(C3CCC3)c2)CC1. The summed E-state index contributed by atoms with van der Waals surface area (Å²) in [6.45, 7) is 0. The van der Waals surface area contributed by atoms with E-state index in [0.717, 1.165) is 30.7 Å². The Labute approximate surface area is 156 Å². The van der Waals surface area contributed by atoms with Crippen molar-refractivity contribution in [1.82, 2.24) is 15.4 Å². The Bertz CT molecular complexity index is 795. The predicted molar refractivity (Wildman–Crippen MR) is 97.0 cm³/mol. The summed E-state index contributed by atoms with van der Waals surface area (Å²) in [5, 5.41) is 19.6. The van der Waals surface area contributed by atoms with Gasteiger partial charge in [0, 0.05) is 5.02 Å². The minimum Gasteiger partial charge on any atom is -0.476 e. The van der Waals surface area contributed by atoms with Crippen LogP contribution in [0.25, 0.3) is 0 Å². The molecule has 26 heavy (non-hydrogen) atoms. The lowest BCUT2D eigenvalue weighted by atomic mass is 9.77. The molecule has 2 N–H and O–H groups in total. The van der Waals surface area contributed by atoms with Gasteiger partial charge in [-0.3, -0.25) is 0 Å². The van der Waals surface area contributed by atoms with Crippen LogP contribution in [0.3, 0.4) is 0 Å². The molecule has 2 fully saturated rings. The highest BCUT2D eigenvalue weighted by atomic mass is 35.5. The van der Waals surface area contributed by atoms with Crippen LogP contribution >= 0.6 is 11.6 Å². The third-order valence-corrected chi connectivity index (χ3v) is 6.06. The molecular weight excluding hydrogens is 354 g/mol. The Kier molecular flexibility index (Phi) is 4.85. The molecule has 0 aliphatic heterocycles. The number of hydrogen-bond acceptors (Lipinski definition) is 4. The van der Waals surface area contributed by atoms with Crippen molar-refractivity contribution in [3.63, 3.8) is 0 Å². The van der Waals surface area contributed by atoms with Crippen molar-refractivity contribution in [3.8, 4) is 5.88 Å². The van der Waals surface area contributed by atoms with E-state index in [1.807, 2.05) is 6.07 Å². The maximum atomic E-state index is 11.1. The summed E-state index contributed by atoms with van der Waals surface area (Å²) in [5.74, 6) is 0.106. The van der Waals surface area contributed by atoms with E-state index in [4.69, 9.17) is 21.4 Å². The third-order valence-electron chi connectivity index (χ3n) is 5.72. The monoisotopic (exact) mass is 375 g/mol. The van der Waals surface area contributed by atoms with E-state index < -0.39 is 5.97 Å². The van der Waals surface area contributed by atoms with Gasteiger partial charge in [-0.1, -0.05) is 40.5 Å². The largest absolute Gasteiger partial charge is 0.476 e. The molecule has 0 bridgehead atoms. The molecule has 0 unspecified atom stereocenters. The number of ether oxygens (including phenoxy) is 1. The van der Waals surface area contributed by atoms with Crippen LogP contribution in [0.15, 0.2) is 18.2 Å². The molecule has 0 atom stereocenters. The number of carboxylic acids is 1. The van der Waals surface area contributed by atoms with Crippen molar-refractivity contribution in [2.24, 2.45) is 0 Å². The highest BCUT2D eigenvalue weighted by molar-refractivity contribution is 6.31. The Morgan fingerprint density at radius 2 is 1.92 bits per heavy atom. The number of rotatable bonds is 5. The van der Waals surface area contributed by atoms with E-state index >= 15 is 0 Å². The lowest BCUT2D eigenvalue weighted by Gasteiger charge is -2.31. The van der Waals surface area contributed by atoms with Crippen LogP contribution in [0.1, 0.15) is 78.4 Å². The molecular formula is C19H22ClN3O3. The molecule has 2 aliphatic carbocycles. The number of aromatic amines is 1. The zero-order chi connectivity index (χ0) is 18.1. The van der Waals surface area contributed by atoms with E-state index in [9.17, 15) is 4.79 Å². The summed E-state index contributed by atoms with van der Waals surface area (Å²) in [7, 11) is 0. The second-order valence-corrected chi connectivity index (χ2v) is 7.70. The molecule has 0 spiro atoms. The average Bonchev–Trinajstić information content (AvgIpc) is 3.04. The van der Waals surface area contributed by atoms with Crippen molar-refractivity contribution in [3.05, 3.63) is 40.0 Å². The molecule has 138 valence electrons. The fraction of sp³-hybridized carbons (Fsp3) is 0.526. The summed E-state index contributed by atoms with van der Waals surface area (Å²) in [6, 6.07) is 6.50. The lowest BCUT2D eigenvalue weighted by molar-refractivity contribution is 0.0678. The van der Waals surface area contributed by atoms with Gasteiger partial charge < -0.3 is 9.84 Å². The Balaban J connectivity index is 1.39. The maximum Gasteiger partial charge on any atom is 0.359 e. The van der Waals surface area contributed by atoms with Crippen LogP contribution in [0, 0.1) is 0 Å². The highest BCUT2D eigenvalue weighted by Crippen LogP contribution is 2.42. The normalized spacial score (nSPS) is 23.4. The van der Waals surface area contributed by atoms with Crippen molar-refractivity contribution in [2.45, 2.75) is 62.9 Å². The van der Waals surface area contributed by atoms with Gasteiger partial charge in [-0.05, 0) is 67.6 Å². The molecule has 0 saturated heterocycles. The van der Waals surface area contributed by atoms with Crippen LogP contribution in [0.5, 0.6) is 5.88 Å². The van der Waals surface area contributed by atoms with Crippen LogP contribution in [-0.4, -0.2) is 32.6 Å². The first-order valence-corrected chi connectivity index (χ1v) is 9.60. The molecule has 1 heterocycles. The number of aromatic nitrogens is 3. The van der Waals surface area contributed by atoms with Gasteiger partial charge in [-0.15, -0.1) is 0 Å². The number of halogens is 1. The second kappa shape index (κ2) is 7.27. The maximum absolute atomic E-state index is 11.1. The molecule has 2 saturated carbocycles. The number of nitrogens with zero attached hydrogens (tertiary/aromatic N) is 2. The summed E-state index contributed by atoms with van der Waals surface area (Å²) in [5.41, 5.74) is 2.58. The van der Waals surface area contributed by atoms with Gasteiger partial charge in [0.1, 0.15) is 6.10 Å². The van der Waals surface area contributed by atoms with E-state index in [1.165, 1.54) is 30.4 Å². The smallest absolute Gasteiger partial charge is 0.359 e. The number of aromatic carboxylic acids is 1. The van der Waals surface area contributed by atoms with Gasteiger partial charge in [0.05, 0.1) is 0 Å². The molecule has 2 aliphatic rings. The molecule has 4 rings (SSSR count). The number of benzene rings is 1. The van der Waals surface area contributed by atoms with Crippen LogP contribution in [0.2, 0.25) is 5.02 Å².